The highest BCUT2D eigenvalue weighted by molar-refractivity contribution is 5.98. The zero-order valence-corrected chi connectivity index (χ0v) is 40.8. The number of hydrogen-bond acceptors (Lipinski definition) is 9. The van der Waals surface area contributed by atoms with E-state index in [-0.39, 0.29) is 49.6 Å². The normalized spacial score (nSPS) is 21.9. The zero-order chi connectivity index (χ0) is 48.8. The molecule has 4 atom stereocenters. The second-order valence-corrected chi connectivity index (χ2v) is 20.5. The molecule has 2 saturated heterocycles. The molecule has 2 N–H and O–H groups in total. The van der Waals surface area contributed by atoms with Gasteiger partial charge in [0.2, 0.25) is 11.8 Å². The topological polar surface area (TPSA) is 148 Å². The standard InChI is InChI=1S/C54H65N7O7/c1-10-46(63)58-23-20-38(32-58)49(64)57(9)47(34(3)4)50(65)60-24-21-54(60)29-35-25-39(27-40(62)26-35)36-18-19-45-42(28-36)43(48(59(45)11-2)41-16-13-12-15-37(41)31-56(7)8)30-53(5,6)33-68-51(66)44-17-14-22-61(55-44)52(54)67/h10,12-13,15-16,18-19,21,25-28,34,38,44,47,55H,1,11,14,17,20,22-23,29-33H2,2-9H3/p+1/t38-,44-,47-,54-/m0/s1. The Labute approximate surface area is 399 Å². The highest BCUT2D eigenvalue weighted by atomic mass is 16.5. The van der Waals surface area contributed by atoms with Crippen LogP contribution in [0, 0.1) is 17.3 Å². The van der Waals surface area contributed by atoms with Crippen molar-refractivity contribution in [3.63, 3.8) is 0 Å². The van der Waals surface area contributed by atoms with E-state index in [1.807, 2.05) is 19.9 Å². The fourth-order valence-corrected chi connectivity index (χ4v) is 10.8. The first-order chi connectivity index (χ1) is 32.4. The Morgan fingerprint density at radius 3 is 2.47 bits per heavy atom. The number of hydrazine groups is 1. The van der Waals surface area contributed by atoms with E-state index < -0.39 is 46.7 Å². The van der Waals surface area contributed by atoms with Crippen LogP contribution in [0.15, 0.2) is 79.4 Å². The van der Waals surface area contributed by atoms with Gasteiger partial charge >= 0.3 is 17.8 Å². The number of hydrogen-bond donors (Lipinski definition) is 2. The molecule has 68 heavy (non-hydrogen) atoms. The van der Waals surface area contributed by atoms with Gasteiger partial charge in [0.05, 0.1) is 24.6 Å². The number of likely N-dealkylation sites (N-methyl/N-ethyl adjacent to an activating group) is 1. The third-order valence-electron chi connectivity index (χ3n) is 14.1. The van der Waals surface area contributed by atoms with Gasteiger partial charge in [-0.05, 0) is 111 Å². The van der Waals surface area contributed by atoms with Crippen molar-refractivity contribution in [2.24, 2.45) is 17.3 Å². The van der Waals surface area contributed by atoms with Gasteiger partial charge in [-0.25, -0.2) is 10.2 Å². The molecule has 4 amide bonds. The number of aryl methyl sites for hydroxylation is 1. The molecule has 358 valence electrons. The van der Waals surface area contributed by atoms with Gasteiger partial charge < -0.3 is 29.1 Å². The number of aromatic hydroxyl groups is 1. The maximum absolute atomic E-state index is 15.2. The Morgan fingerprint density at radius 2 is 1.78 bits per heavy atom. The molecule has 14 heteroatoms. The number of aromatic nitrogens is 1. The molecule has 14 nitrogen and oxygen atoms in total. The Balaban J connectivity index is 1.24. The molecule has 6 bridgehead atoms. The molecular formula is C54H66N7O7+. The number of nitrogens with one attached hydrogen (secondary N) is 1. The van der Waals surface area contributed by atoms with Crippen LogP contribution in [0.2, 0.25) is 0 Å². The van der Waals surface area contributed by atoms with Crippen LogP contribution in [-0.2, 0) is 54.6 Å². The van der Waals surface area contributed by atoms with Crippen LogP contribution >= 0.6 is 0 Å². The van der Waals surface area contributed by atoms with Crippen LogP contribution in [0.5, 0.6) is 5.75 Å². The predicted molar refractivity (Wildman–Crippen MR) is 261 cm³/mol. The zero-order valence-electron chi connectivity index (χ0n) is 40.8. The van der Waals surface area contributed by atoms with Crippen molar-refractivity contribution in [1.29, 1.82) is 0 Å². The molecule has 4 aliphatic rings. The molecule has 4 aromatic rings. The third-order valence-corrected chi connectivity index (χ3v) is 14.1. The fourth-order valence-electron chi connectivity index (χ4n) is 10.8. The summed E-state index contributed by atoms with van der Waals surface area (Å²) in [5.74, 6) is 0.176. The molecule has 0 saturated carbocycles. The molecule has 3 aromatic carbocycles. The van der Waals surface area contributed by atoms with Crippen molar-refractivity contribution < 1.29 is 38.4 Å². The highest BCUT2D eigenvalue weighted by Gasteiger charge is 2.60. The van der Waals surface area contributed by atoms with Gasteiger partial charge in [0.15, 0.2) is 11.9 Å². The molecule has 0 aliphatic carbocycles. The lowest BCUT2D eigenvalue weighted by Gasteiger charge is -2.38. The number of phenolic OH excluding ortho intramolecular Hbond substituents is 1. The minimum atomic E-state index is -1.64. The van der Waals surface area contributed by atoms with Crippen molar-refractivity contribution in [3.8, 4) is 28.1 Å². The van der Waals surface area contributed by atoms with E-state index in [1.54, 1.807) is 30.2 Å². The fraction of sp³-hybridized carbons (Fsp3) is 0.463. The van der Waals surface area contributed by atoms with Gasteiger partial charge in [0.25, 0.3) is 5.54 Å². The van der Waals surface area contributed by atoms with Gasteiger partial charge in [0.1, 0.15) is 17.9 Å². The monoisotopic (exact) mass is 925 g/mol. The van der Waals surface area contributed by atoms with Crippen LogP contribution in [0.4, 0.5) is 0 Å². The second kappa shape index (κ2) is 19.0. The molecule has 2 fully saturated rings. The molecule has 5 heterocycles. The second-order valence-electron chi connectivity index (χ2n) is 20.5. The average molecular weight is 925 g/mol. The van der Waals surface area contributed by atoms with E-state index in [9.17, 15) is 19.5 Å². The molecular weight excluding hydrogens is 859 g/mol. The van der Waals surface area contributed by atoms with E-state index in [0.29, 0.717) is 44.3 Å². The average Bonchev–Trinajstić information content (AvgIpc) is 3.91. The molecule has 1 aromatic heterocycles. The quantitative estimate of drug-likeness (QED) is 0.118. The third kappa shape index (κ3) is 9.04. The van der Waals surface area contributed by atoms with Gasteiger partial charge in [-0.2, -0.15) is 0 Å². The first-order valence-electron chi connectivity index (χ1n) is 23.9. The maximum Gasteiger partial charge on any atom is 0.419 e. The number of amides is 4. The van der Waals surface area contributed by atoms with Crippen LogP contribution in [0.1, 0.15) is 70.6 Å². The summed E-state index contributed by atoms with van der Waals surface area (Å²) in [6, 6.07) is 18.3. The van der Waals surface area contributed by atoms with Crippen molar-refractivity contribution in [3.05, 3.63) is 96.1 Å². The van der Waals surface area contributed by atoms with E-state index in [0.717, 1.165) is 45.4 Å². The first-order valence-corrected chi connectivity index (χ1v) is 23.9. The number of fused-ring (bicyclic) bond motifs is 6. The lowest BCUT2D eigenvalue weighted by molar-refractivity contribution is -0.516. The van der Waals surface area contributed by atoms with Crippen molar-refractivity contribution in [1.82, 2.24) is 29.7 Å². The number of rotatable bonds is 9. The Morgan fingerprint density at radius 1 is 1.01 bits per heavy atom. The number of nitrogens with zero attached hydrogens (tertiary/aromatic N) is 6. The van der Waals surface area contributed by atoms with E-state index in [1.165, 1.54) is 26.1 Å². The van der Waals surface area contributed by atoms with Crippen LogP contribution < -0.4 is 5.43 Å². The predicted octanol–water partition coefficient (Wildman–Crippen LogP) is 5.96. The Hall–Kier alpha value is -6.34. The minimum absolute atomic E-state index is 0.00427. The largest absolute Gasteiger partial charge is 0.508 e. The lowest BCUT2D eigenvalue weighted by atomic mass is 9.83. The lowest BCUT2D eigenvalue weighted by Crippen LogP contribution is -2.68. The molecule has 0 radical (unpaired) electrons. The van der Waals surface area contributed by atoms with Crippen LogP contribution in [0.3, 0.4) is 0 Å². The number of benzene rings is 3. The number of carbonyl (C=O) groups excluding carboxylic acids is 5. The number of phenols is 1. The van der Waals surface area contributed by atoms with Crippen molar-refractivity contribution >= 4 is 46.4 Å². The van der Waals surface area contributed by atoms with Gasteiger partial charge in [-0.1, -0.05) is 75.2 Å². The van der Waals surface area contributed by atoms with E-state index >= 15 is 9.59 Å². The number of likely N-dealkylation sites (tertiary alicyclic amines) is 1. The summed E-state index contributed by atoms with van der Waals surface area (Å²) >= 11 is 0. The number of carbonyl (C=O) groups is 5. The van der Waals surface area contributed by atoms with Gasteiger partial charge in [-0.3, -0.25) is 24.2 Å². The molecule has 1 spiro atoms. The minimum Gasteiger partial charge on any atom is -0.508 e. The summed E-state index contributed by atoms with van der Waals surface area (Å²) < 4.78 is 9.85. The summed E-state index contributed by atoms with van der Waals surface area (Å²) in [6.45, 7) is 16.1. The van der Waals surface area contributed by atoms with Gasteiger partial charge in [0, 0.05) is 61.7 Å². The maximum atomic E-state index is 15.2. The van der Waals surface area contributed by atoms with Crippen molar-refractivity contribution in [2.75, 3.05) is 47.4 Å². The summed E-state index contributed by atoms with van der Waals surface area (Å²) in [5.41, 5.74) is 8.83. The molecule has 4 aliphatic heterocycles. The van der Waals surface area contributed by atoms with Crippen LogP contribution in [0.25, 0.3) is 33.3 Å². The van der Waals surface area contributed by atoms with E-state index in [2.05, 4.69) is 105 Å². The highest BCUT2D eigenvalue weighted by Crippen LogP contribution is 2.42. The number of ether oxygens (including phenoxy) is 1. The first kappa shape index (κ1) is 48.1. The summed E-state index contributed by atoms with van der Waals surface area (Å²) in [7, 11) is 5.73. The smallest absolute Gasteiger partial charge is 0.419 e. The Kier molecular flexibility index (Phi) is 13.4. The summed E-state index contributed by atoms with van der Waals surface area (Å²) in [4.78, 5) is 76.1. The number of cyclic esters (lactones) is 1. The van der Waals surface area contributed by atoms with Gasteiger partial charge in [-0.15, -0.1) is 0 Å². The molecule has 0 unspecified atom stereocenters. The van der Waals surface area contributed by atoms with Crippen molar-refractivity contribution in [2.45, 2.75) is 97.4 Å². The Bertz CT molecular complexity index is 2760. The van der Waals surface area contributed by atoms with E-state index in [4.69, 9.17) is 4.74 Å². The summed E-state index contributed by atoms with van der Waals surface area (Å²) in [6.07, 6.45) is 4.76. The number of esters is 1. The summed E-state index contributed by atoms with van der Waals surface area (Å²) in [5, 5.41) is 13.9. The van der Waals surface area contributed by atoms with Crippen LogP contribution in [-0.4, -0.2) is 134 Å². The molecule has 8 rings (SSSR count). The SMILES string of the molecule is C=CC(=O)N1CC[C@H](C(=O)N(C)[C@H](C(=O)[N+]2=C=C[C@@]23Cc2cc(O)cc(c2)-c2ccc4c(c2)c(c(-c2ccccc2CN(C)C)n4CC)CC(C)(C)COC(=O)[C@@H]2CCCN(N2)C3=O)C(C)C)C1.